The lowest BCUT2D eigenvalue weighted by molar-refractivity contribution is 0.0113. The molecule has 11 heteroatoms. The van der Waals surface area contributed by atoms with E-state index in [2.05, 4.69) is 49.1 Å². The molecular formula is C33H41N9O2. The maximum absolute atomic E-state index is 13.3. The molecule has 1 spiro atoms. The molecule has 3 N–H and O–H groups in total. The van der Waals surface area contributed by atoms with Gasteiger partial charge in [0.25, 0.3) is 5.56 Å². The summed E-state index contributed by atoms with van der Waals surface area (Å²) >= 11 is 0. The van der Waals surface area contributed by atoms with Crippen molar-refractivity contribution >= 4 is 28.4 Å². The summed E-state index contributed by atoms with van der Waals surface area (Å²) in [6.07, 6.45) is 7.25. The van der Waals surface area contributed by atoms with Crippen molar-refractivity contribution in [2.75, 3.05) is 49.5 Å². The summed E-state index contributed by atoms with van der Waals surface area (Å²) in [5, 5.41) is 17.8. The number of allylic oxidation sites excluding steroid dienone is 1. The Balaban J connectivity index is 1.07. The number of hydrogen-bond donors (Lipinski definition) is 3. The molecule has 11 nitrogen and oxygen atoms in total. The van der Waals surface area contributed by atoms with Crippen LogP contribution in [0.3, 0.4) is 0 Å². The Morgan fingerprint density at radius 3 is 2.57 bits per heavy atom. The van der Waals surface area contributed by atoms with Crippen LogP contribution >= 0.6 is 0 Å². The van der Waals surface area contributed by atoms with Gasteiger partial charge in [-0.1, -0.05) is 12.1 Å². The molecule has 3 fully saturated rings. The Kier molecular flexibility index (Phi) is 7.26. The number of nitrogens with zero attached hydrogens (tertiary/aromatic N) is 7. The zero-order valence-electron chi connectivity index (χ0n) is 25.5. The largest absolute Gasteiger partial charge is 0.384 e. The summed E-state index contributed by atoms with van der Waals surface area (Å²) in [5.74, 6) is 0.845. The number of pyridine rings is 1. The van der Waals surface area contributed by atoms with Gasteiger partial charge < -0.3 is 20.6 Å². The van der Waals surface area contributed by atoms with E-state index in [1.807, 2.05) is 18.2 Å². The lowest BCUT2D eigenvalue weighted by atomic mass is 9.64. The molecule has 1 aromatic carbocycles. The first-order valence-electron chi connectivity index (χ1n) is 15.6. The monoisotopic (exact) mass is 595 g/mol. The number of benzene rings is 1. The number of aromatic nitrogens is 5. The van der Waals surface area contributed by atoms with Gasteiger partial charge in [0.2, 0.25) is 5.95 Å². The highest BCUT2D eigenvalue weighted by Gasteiger charge is 2.48. The number of anilines is 3. The van der Waals surface area contributed by atoms with E-state index in [0.717, 1.165) is 37.9 Å². The zero-order valence-corrected chi connectivity index (χ0v) is 25.5. The highest BCUT2D eigenvalue weighted by molar-refractivity contribution is 5.77. The van der Waals surface area contributed by atoms with Crippen molar-refractivity contribution in [3.8, 4) is 5.82 Å². The van der Waals surface area contributed by atoms with Gasteiger partial charge in [-0.05, 0) is 81.5 Å². The normalized spacial score (nSPS) is 22.4. The molecule has 4 aromatic rings. The summed E-state index contributed by atoms with van der Waals surface area (Å²) in [5.41, 5.74) is 2.19. The van der Waals surface area contributed by atoms with Crippen LogP contribution in [0.5, 0.6) is 0 Å². The lowest BCUT2D eigenvalue weighted by Gasteiger charge is -2.52. The second-order valence-electron chi connectivity index (χ2n) is 13.0. The molecule has 2 saturated heterocycles. The molecule has 7 rings (SSSR count). The third-order valence-electron chi connectivity index (χ3n) is 9.54. The van der Waals surface area contributed by atoms with Gasteiger partial charge in [0.15, 0.2) is 11.5 Å². The van der Waals surface area contributed by atoms with Crippen molar-refractivity contribution in [2.24, 2.45) is 5.41 Å². The molecule has 1 aliphatic carbocycles. The van der Waals surface area contributed by atoms with Crippen LogP contribution in [0.15, 0.2) is 66.1 Å². The predicted molar refractivity (Wildman–Crippen MR) is 173 cm³/mol. The second-order valence-corrected chi connectivity index (χ2v) is 13.0. The van der Waals surface area contributed by atoms with E-state index < -0.39 is 5.60 Å². The highest BCUT2D eigenvalue weighted by Crippen LogP contribution is 2.48. The standard InChI is InChI=1S/C33H41N9O2/c1-4-14-41-30(43)26-21-35-31(38-29(26)42(41)28-7-5-6-27(37-28)32(2,3)44)36-23-8-10-24(11-9-23)39-15-17-40(18-16-39)25-19-33(20-25)12-13-34-22-33/h4-11,21,25,34,44H,1,12-20,22H2,2-3H3,(H,35,36,38). The summed E-state index contributed by atoms with van der Waals surface area (Å²) in [7, 11) is 0. The van der Waals surface area contributed by atoms with Crippen LogP contribution in [0.25, 0.3) is 16.9 Å². The Hall–Kier alpha value is -4.06. The number of nitrogens with one attached hydrogen (secondary N) is 2. The minimum Gasteiger partial charge on any atom is -0.384 e. The van der Waals surface area contributed by atoms with Crippen molar-refractivity contribution in [1.29, 1.82) is 0 Å². The molecule has 230 valence electrons. The number of aliphatic hydroxyl groups is 1. The molecular weight excluding hydrogens is 554 g/mol. The van der Waals surface area contributed by atoms with Crippen LogP contribution in [-0.2, 0) is 12.1 Å². The van der Waals surface area contributed by atoms with E-state index in [1.54, 1.807) is 42.9 Å². The van der Waals surface area contributed by atoms with Gasteiger partial charge in [-0.15, -0.1) is 6.58 Å². The first-order valence-corrected chi connectivity index (χ1v) is 15.6. The summed E-state index contributed by atoms with van der Waals surface area (Å²) in [6.45, 7) is 14.1. The fraction of sp³-hybridized carbons (Fsp3) is 0.455. The molecule has 0 bridgehead atoms. The van der Waals surface area contributed by atoms with Gasteiger partial charge in [0.05, 0.1) is 12.2 Å². The van der Waals surface area contributed by atoms with E-state index in [9.17, 15) is 9.90 Å². The summed E-state index contributed by atoms with van der Waals surface area (Å²) in [4.78, 5) is 32.3. The molecule has 1 saturated carbocycles. The Labute approximate surface area is 257 Å². The topological polar surface area (TPSA) is 116 Å². The fourth-order valence-corrected chi connectivity index (χ4v) is 7.06. The fourth-order valence-electron chi connectivity index (χ4n) is 7.06. The van der Waals surface area contributed by atoms with E-state index >= 15 is 0 Å². The molecule has 0 radical (unpaired) electrons. The molecule has 3 aliphatic rings. The molecule has 0 unspecified atom stereocenters. The first-order chi connectivity index (χ1) is 21.2. The molecule has 3 aromatic heterocycles. The van der Waals surface area contributed by atoms with Crippen molar-refractivity contribution in [2.45, 2.75) is 51.3 Å². The van der Waals surface area contributed by atoms with Gasteiger partial charge in [-0.3, -0.25) is 9.69 Å². The van der Waals surface area contributed by atoms with Crippen LogP contribution in [0.2, 0.25) is 0 Å². The van der Waals surface area contributed by atoms with Crippen molar-refractivity contribution in [1.82, 2.24) is 34.5 Å². The van der Waals surface area contributed by atoms with Gasteiger partial charge >= 0.3 is 0 Å². The molecule has 0 atom stereocenters. The molecule has 5 heterocycles. The van der Waals surface area contributed by atoms with E-state index in [-0.39, 0.29) is 12.1 Å². The average Bonchev–Trinajstić information content (AvgIpc) is 3.60. The van der Waals surface area contributed by atoms with Crippen LogP contribution in [0, 0.1) is 5.41 Å². The van der Waals surface area contributed by atoms with Crippen molar-refractivity contribution in [3.05, 3.63) is 77.4 Å². The predicted octanol–water partition coefficient (Wildman–Crippen LogP) is 3.40. The minimum absolute atomic E-state index is 0.237. The van der Waals surface area contributed by atoms with Crippen LogP contribution in [0.4, 0.5) is 17.3 Å². The number of hydrogen-bond acceptors (Lipinski definition) is 9. The summed E-state index contributed by atoms with van der Waals surface area (Å²) in [6, 6.07) is 14.5. The molecule has 0 amide bonds. The van der Waals surface area contributed by atoms with E-state index in [0.29, 0.717) is 33.9 Å². The van der Waals surface area contributed by atoms with Gasteiger partial charge in [0, 0.05) is 56.3 Å². The average molecular weight is 596 g/mol. The quantitative estimate of drug-likeness (QED) is 0.264. The maximum Gasteiger partial charge on any atom is 0.278 e. The number of rotatable bonds is 8. The van der Waals surface area contributed by atoms with Crippen LogP contribution < -0.4 is 21.1 Å². The number of piperazine rings is 1. The number of fused-ring (bicyclic) bond motifs is 1. The summed E-state index contributed by atoms with van der Waals surface area (Å²) < 4.78 is 3.19. The van der Waals surface area contributed by atoms with Gasteiger partial charge in [-0.25, -0.2) is 19.3 Å². The highest BCUT2D eigenvalue weighted by atomic mass is 16.3. The van der Waals surface area contributed by atoms with E-state index in [1.165, 1.54) is 42.7 Å². The smallest absolute Gasteiger partial charge is 0.278 e. The second kappa shape index (κ2) is 11.1. The molecule has 2 aliphatic heterocycles. The van der Waals surface area contributed by atoms with E-state index in [4.69, 9.17) is 4.98 Å². The third kappa shape index (κ3) is 5.29. The minimum atomic E-state index is -1.14. The van der Waals surface area contributed by atoms with Crippen LogP contribution in [-0.4, -0.2) is 79.6 Å². The first kappa shape index (κ1) is 28.7. The van der Waals surface area contributed by atoms with Gasteiger partial charge in [0.1, 0.15) is 11.0 Å². The van der Waals surface area contributed by atoms with Crippen molar-refractivity contribution in [3.63, 3.8) is 0 Å². The Morgan fingerprint density at radius 1 is 1.11 bits per heavy atom. The molecule has 44 heavy (non-hydrogen) atoms. The SMILES string of the molecule is C=CCn1c(=O)c2cnc(Nc3ccc(N4CCN(C5CC6(CCNC6)C5)CC4)cc3)nc2n1-c1cccc(C(C)(C)O)n1. The van der Waals surface area contributed by atoms with Gasteiger partial charge in [-0.2, -0.15) is 4.98 Å². The maximum atomic E-state index is 13.3. The Bertz CT molecular complexity index is 1710. The van der Waals surface area contributed by atoms with Crippen molar-refractivity contribution < 1.29 is 5.11 Å². The Morgan fingerprint density at radius 2 is 1.89 bits per heavy atom. The lowest BCUT2D eigenvalue weighted by Crippen LogP contribution is -2.57. The zero-order chi connectivity index (χ0) is 30.5. The third-order valence-corrected chi connectivity index (χ3v) is 9.54. The van der Waals surface area contributed by atoms with Crippen LogP contribution in [0.1, 0.15) is 38.8 Å².